The molecule has 3 aromatic rings. The summed E-state index contributed by atoms with van der Waals surface area (Å²) in [6, 6.07) is 11.5. The molecule has 146 valence electrons. The fraction of sp³-hybridized carbons (Fsp3) is 0.158. The maximum absolute atomic E-state index is 12.7. The third-order valence-electron chi connectivity index (χ3n) is 3.98. The maximum atomic E-state index is 12.7. The van der Waals surface area contributed by atoms with E-state index < -0.39 is 11.7 Å². The van der Waals surface area contributed by atoms with Crippen LogP contribution in [0.25, 0.3) is 10.6 Å². The highest BCUT2D eigenvalue weighted by Crippen LogP contribution is 2.33. The molecule has 5 nitrogen and oxygen atoms in total. The predicted molar refractivity (Wildman–Crippen MR) is 99.8 cm³/mol. The lowest BCUT2D eigenvalue weighted by Crippen LogP contribution is -2.18. The molecular formula is C19H16F3N3O2S. The van der Waals surface area contributed by atoms with Gasteiger partial charge >= 0.3 is 6.18 Å². The number of hydrogen-bond donors (Lipinski definition) is 3. The monoisotopic (exact) mass is 407 g/mol. The zero-order valence-corrected chi connectivity index (χ0v) is 15.5. The first-order chi connectivity index (χ1) is 13.3. The van der Waals surface area contributed by atoms with Gasteiger partial charge in [0.25, 0.3) is 0 Å². The van der Waals surface area contributed by atoms with Gasteiger partial charge in [0.1, 0.15) is 23.2 Å². The van der Waals surface area contributed by atoms with Gasteiger partial charge in [0.15, 0.2) is 0 Å². The van der Waals surface area contributed by atoms with Crippen molar-refractivity contribution in [1.82, 2.24) is 10.5 Å². The summed E-state index contributed by atoms with van der Waals surface area (Å²) in [5.74, 6) is 0.462. The van der Waals surface area contributed by atoms with Crippen molar-refractivity contribution in [3.8, 4) is 16.3 Å². The Morgan fingerprint density at radius 3 is 2.36 bits per heavy atom. The SMILES string of the molecule is Cc1nc(-c2ccc(C(F)(F)F)cc2)sc1COc1ccc(C(=N)NO)cc1. The van der Waals surface area contributed by atoms with Crippen LogP contribution in [0.3, 0.4) is 0 Å². The van der Waals surface area contributed by atoms with Gasteiger partial charge in [-0.3, -0.25) is 16.1 Å². The van der Waals surface area contributed by atoms with Gasteiger partial charge in [-0.15, -0.1) is 11.3 Å². The van der Waals surface area contributed by atoms with Gasteiger partial charge in [-0.2, -0.15) is 13.2 Å². The molecule has 0 fully saturated rings. The van der Waals surface area contributed by atoms with Crippen molar-refractivity contribution in [1.29, 1.82) is 5.41 Å². The molecule has 1 heterocycles. The minimum Gasteiger partial charge on any atom is -0.488 e. The number of halogens is 3. The summed E-state index contributed by atoms with van der Waals surface area (Å²) in [6.45, 7) is 2.08. The number of alkyl halides is 3. The topological polar surface area (TPSA) is 78.2 Å². The van der Waals surface area contributed by atoms with Crippen LogP contribution in [-0.4, -0.2) is 16.0 Å². The van der Waals surface area contributed by atoms with Crippen LogP contribution in [0.5, 0.6) is 5.75 Å². The summed E-state index contributed by atoms with van der Waals surface area (Å²) in [4.78, 5) is 5.29. The molecule has 3 rings (SSSR count). The molecule has 0 bridgehead atoms. The van der Waals surface area contributed by atoms with Gasteiger partial charge in [0, 0.05) is 11.1 Å². The van der Waals surface area contributed by atoms with E-state index in [0.717, 1.165) is 22.7 Å². The zero-order valence-electron chi connectivity index (χ0n) is 14.7. The number of aryl methyl sites for hydroxylation is 1. The predicted octanol–water partition coefficient (Wildman–Crippen LogP) is 5.02. The van der Waals surface area contributed by atoms with Gasteiger partial charge in [0.2, 0.25) is 0 Å². The van der Waals surface area contributed by atoms with Crippen molar-refractivity contribution in [2.45, 2.75) is 19.7 Å². The van der Waals surface area contributed by atoms with E-state index in [1.807, 2.05) is 6.92 Å². The van der Waals surface area contributed by atoms with Crippen LogP contribution in [0.1, 0.15) is 21.7 Å². The van der Waals surface area contributed by atoms with E-state index in [-0.39, 0.29) is 12.4 Å². The quantitative estimate of drug-likeness (QED) is 0.315. The summed E-state index contributed by atoms with van der Waals surface area (Å²) >= 11 is 1.36. The van der Waals surface area contributed by atoms with E-state index >= 15 is 0 Å². The highest BCUT2D eigenvalue weighted by molar-refractivity contribution is 7.15. The molecule has 0 radical (unpaired) electrons. The Hall–Kier alpha value is -2.91. The molecule has 2 aromatic carbocycles. The minimum absolute atomic E-state index is 0.119. The van der Waals surface area contributed by atoms with Crippen LogP contribution in [0.15, 0.2) is 48.5 Å². The normalized spacial score (nSPS) is 11.3. The molecule has 0 amide bonds. The number of aromatic nitrogens is 1. The summed E-state index contributed by atoms with van der Waals surface area (Å²) in [7, 11) is 0. The van der Waals surface area contributed by atoms with E-state index in [4.69, 9.17) is 15.4 Å². The van der Waals surface area contributed by atoms with E-state index in [1.165, 1.54) is 23.5 Å². The van der Waals surface area contributed by atoms with Crippen LogP contribution in [0.2, 0.25) is 0 Å². The number of thiazole rings is 1. The molecule has 0 saturated heterocycles. The summed E-state index contributed by atoms with van der Waals surface area (Å²) < 4.78 is 43.8. The fourth-order valence-corrected chi connectivity index (χ4v) is 3.40. The number of benzene rings is 2. The number of rotatable bonds is 5. The van der Waals surface area contributed by atoms with Crippen LogP contribution >= 0.6 is 11.3 Å². The standard InChI is InChI=1S/C19H16F3N3O2S/c1-11-16(10-27-15-8-4-12(5-9-15)17(23)25-26)28-18(24-11)13-2-6-14(7-3-13)19(20,21)22/h2-9,26H,10H2,1H3,(H2,23,25). The molecule has 0 saturated carbocycles. The van der Waals surface area contributed by atoms with Crippen LogP contribution in [0, 0.1) is 12.3 Å². The zero-order chi connectivity index (χ0) is 20.3. The van der Waals surface area contributed by atoms with Crippen molar-refractivity contribution in [3.63, 3.8) is 0 Å². The van der Waals surface area contributed by atoms with Crippen molar-refractivity contribution in [2.24, 2.45) is 0 Å². The van der Waals surface area contributed by atoms with Crippen LogP contribution in [-0.2, 0) is 12.8 Å². The highest BCUT2D eigenvalue weighted by Gasteiger charge is 2.30. The Bertz CT molecular complexity index is 968. The van der Waals surface area contributed by atoms with Crippen LogP contribution < -0.4 is 10.2 Å². The Balaban J connectivity index is 1.70. The highest BCUT2D eigenvalue weighted by atomic mass is 32.1. The number of hydrogen-bond acceptors (Lipinski definition) is 5. The molecule has 3 N–H and O–H groups in total. The molecule has 1 aromatic heterocycles. The summed E-state index contributed by atoms with van der Waals surface area (Å²) in [5, 5.41) is 16.8. The van der Waals surface area contributed by atoms with Crippen molar-refractivity contribution in [2.75, 3.05) is 0 Å². The Kier molecular flexibility index (Phi) is 5.66. The largest absolute Gasteiger partial charge is 0.488 e. The molecule has 0 aliphatic carbocycles. The number of hydroxylamine groups is 1. The second kappa shape index (κ2) is 7.99. The van der Waals surface area contributed by atoms with E-state index in [2.05, 4.69) is 4.98 Å². The first kappa shape index (κ1) is 19.8. The fourth-order valence-electron chi connectivity index (χ4n) is 2.42. The Morgan fingerprint density at radius 2 is 1.79 bits per heavy atom. The van der Waals surface area contributed by atoms with E-state index in [9.17, 15) is 13.2 Å². The van der Waals surface area contributed by atoms with E-state index in [0.29, 0.717) is 21.9 Å². The minimum atomic E-state index is -4.36. The smallest absolute Gasteiger partial charge is 0.416 e. The molecule has 0 aliphatic heterocycles. The first-order valence-electron chi connectivity index (χ1n) is 8.14. The van der Waals surface area contributed by atoms with E-state index in [1.54, 1.807) is 29.7 Å². The van der Waals surface area contributed by atoms with Gasteiger partial charge in [-0.05, 0) is 43.3 Å². The third kappa shape index (κ3) is 4.49. The Labute approximate surface area is 162 Å². The lowest BCUT2D eigenvalue weighted by Gasteiger charge is -2.07. The van der Waals surface area contributed by atoms with Gasteiger partial charge < -0.3 is 4.74 Å². The van der Waals surface area contributed by atoms with Crippen LogP contribution in [0.4, 0.5) is 13.2 Å². The molecule has 0 spiro atoms. The molecule has 0 aliphatic rings. The maximum Gasteiger partial charge on any atom is 0.416 e. The van der Waals surface area contributed by atoms with Crippen molar-refractivity contribution in [3.05, 3.63) is 70.2 Å². The first-order valence-corrected chi connectivity index (χ1v) is 8.95. The van der Waals surface area contributed by atoms with Crippen molar-refractivity contribution >= 4 is 17.2 Å². The average Bonchev–Trinajstić information content (AvgIpc) is 3.06. The van der Waals surface area contributed by atoms with Gasteiger partial charge in [-0.1, -0.05) is 12.1 Å². The summed E-state index contributed by atoms with van der Waals surface area (Å²) in [6.07, 6.45) is -4.36. The van der Waals surface area contributed by atoms with Crippen molar-refractivity contribution < 1.29 is 23.1 Å². The lowest BCUT2D eigenvalue weighted by molar-refractivity contribution is -0.137. The second-order valence-corrected chi connectivity index (χ2v) is 6.99. The molecule has 28 heavy (non-hydrogen) atoms. The number of nitrogens with one attached hydrogen (secondary N) is 2. The number of nitrogens with zero attached hydrogens (tertiary/aromatic N) is 1. The van der Waals surface area contributed by atoms with Gasteiger partial charge in [0.05, 0.1) is 16.1 Å². The lowest BCUT2D eigenvalue weighted by atomic mass is 10.1. The number of ether oxygens (including phenoxy) is 1. The molecular weight excluding hydrogens is 391 g/mol. The second-order valence-electron chi connectivity index (χ2n) is 5.90. The molecule has 0 unspecified atom stereocenters. The molecule has 0 atom stereocenters. The summed E-state index contributed by atoms with van der Waals surface area (Å²) in [5.41, 5.74) is 2.95. The number of amidine groups is 1. The molecule has 9 heteroatoms. The van der Waals surface area contributed by atoms with Gasteiger partial charge in [-0.25, -0.2) is 4.98 Å². The Morgan fingerprint density at radius 1 is 1.14 bits per heavy atom. The average molecular weight is 407 g/mol. The third-order valence-corrected chi connectivity index (χ3v) is 5.16.